The predicted octanol–water partition coefficient (Wildman–Crippen LogP) is 3.44. The quantitative estimate of drug-likeness (QED) is 0.485. The second-order valence-electron chi connectivity index (χ2n) is 5.51. The van der Waals surface area contributed by atoms with Crippen molar-refractivity contribution >= 4 is 18.1 Å². The third kappa shape index (κ3) is 2.82. The molecule has 0 saturated carbocycles. The van der Waals surface area contributed by atoms with Gasteiger partial charge in [0, 0.05) is 0 Å². The Morgan fingerprint density at radius 1 is 0.280 bits per heavy atom. The molecule has 0 N–H and O–H groups in total. The molecule has 0 spiro atoms. The van der Waals surface area contributed by atoms with Gasteiger partial charge in [-0.25, -0.2) is 0 Å². The van der Waals surface area contributed by atoms with Gasteiger partial charge >= 0.3 is 152 Å². The van der Waals surface area contributed by atoms with Crippen molar-refractivity contribution in [3.05, 3.63) is 121 Å². The summed E-state index contributed by atoms with van der Waals surface area (Å²) in [5.41, 5.74) is 0. The van der Waals surface area contributed by atoms with E-state index in [1.165, 1.54) is 18.1 Å². The number of benzene rings is 4. The molecule has 0 aliphatic rings. The molecule has 0 bridgehead atoms. The van der Waals surface area contributed by atoms with Crippen LogP contribution in [0.15, 0.2) is 121 Å². The number of hydrogen-bond donors (Lipinski definition) is 0. The van der Waals surface area contributed by atoms with Gasteiger partial charge in [-0.1, -0.05) is 0 Å². The van der Waals surface area contributed by atoms with Crippen LogP contribution in [-0.2, 0) is 12.4 Å². The first-order valence-electron chi connectivity index (χ1n) is 8.28. The summed E-state index contributed by atoms with van der Waals surface area (Å²) >= 11 is -1.66. The van der Waals surface area contributed by atoms with Gasteiger partial charge in [-0.15, -0.1) is 0 Å². The SMILES string of the molecule is c1cc[c]([Ni]([c]2ccccc2)([c]2ccccc2)[c]2ccccc2)cc1. The summed E-state index contributed by atoms with van der Waals surface area (Å²) in [5, 5.41) is 0. The van der Waals surface area contributed by atoms with E-state index in [2.05, 4.69) is 121 Å². The maximum absolute atomic E-state index is 2.27. The average molecular weight is 367 g/mol. The molecule has 0 aliphatic carbocycles. The zero-order valence-corrected chi connectivity index (χ0v) is 14.9. The van der Waals surface area contributed by atoms with Crippen LogP contribution in [0.25, 0.3) is 0 Å². The Balaban J connectivity index is 2.13. The molecule has 0 nitrogen and oxygen atoms in total. The molecule has 0 fully saturated rings. The molecule has 0 aliphatic heterocycles. The third-order valence-electron chi connectivity index (χ3n) is 3.95. The van der Waals surface area contributed by atoms with Crippen molar-refractivity contribution in [2.45, 2.75) is 0 Å². The monoisotopic (exact) mass is 366 g/mol. The van der Waals surface area contributed by atoms with Crippen molar-refractivity contribution in [2.24, 2.45) is 0 Å². The Bertz CT molecular complexity index is 753. The van der Waals surface area contributed by atoms with Crippen LogP contribution in [0.3, 0.4) is 0 Å². The third-order valence-corrected chi connectivity index (χ3v) is 8.68. The van der Waals surface area contributed by atoms with Crippen LogP contribution in [0.1, 0.15) is 0 Å². The second-order valence-corrected chi connectivity index (χ2v) is 9.28. The molecular formula is C24H20Ni. The van der Waals surface area contributed by atoms with E-state index in [0.29, 0.717) is 0 Å². The van der Waals surface area contributed by atoms with Crippen LogP contribution in [-0.4, -0.2) is 0 Å². The summed E-state index contributed by atoms with van der Waals surface area (Å²) < 4.78 is 5.48. The molecule has 0 atom stereocenters. The van der Waals surface area contributed by atoms with Crippen LogP contribution in [0.4, 0.5) is 0 Å². The first-order chi connectivity index (χ1) is 12.4. The van der Waals surface area contributed by atoms with Crippen LogP contribution in [0, 0.1) is 0 Å². The Hall–Kier alpha value is -2.63. The Kier molecular flexibility index (Phi) is 4.50. The standard InChI is InChI=1S/4C6H5.Ni/c4*1-2-4-6-5-3-1;/h4*1-5H;. The summed E-state index contributed by atoms with van der Waals surface area (Å²) in [6, 6.07) is 43.7. The van der Waals surface area contributed by atoms with Crippen LogP contribution in [0.2, 0.25) is 0 Å². The van der Waals surface area contributed by atoms with Crippen LogP contribution >= 0.6 is 0 Å². The van der Waals surface area contributed by atoms with Crippen molar-refractivity contribution in [1.82, 2.24) is 0 Å². The summed E-state index contributed by atoms with van der Waals surface area (Å²) in [7, 11) is 0. The number of rotatable bonds is 4. The van der Waals surface area contributed by atoms with Gasteiger partial charge in [-0.2, -0.15) is 0 Å². The number of hydrogen-bond acceptors (Lipinski definition) is 0. The normalized spacial score (nSPS) is 11.8. The van der Waals surface area contributed by atoms with E-state index in [1.54, 1.807) is 0 Å². The molecule has 126 valence electrons. The molecular weight excluding hydrogens is 347 g/mol. The predicted molar refractivity (Wildman–Crippen MR) is 104 cm³/mol. The van der Waals surface area contributed by atoms with Gasteiger partial charge < -0.3 is 0 Å². The fourth-order valence-electron chi connectivity index (χ4n) is 2.88. The molecule has 0 radical (unpaired) electrons. The summed E-state index contributed by atoms with van der Waals surface area (Å²) in [6.07, 6.45) is 0. The summed E-state index contributed by atoms with van der Waals surface area (Å²) in [4.78, 5) is 0. The zero-order valence-electron chi connectivity index (χ0n) is 13.9. The van der Waals surface area contributed by atoms with Crippen molar-refractivity contribution in [1.29, 1.82) is 0 Å². The second kappa shape index (κ2) is 7.09. The fraction of sp³-hybridized carbons (Fsp3) is 0. The van der Waals surface area contributed by atoms with E-state index in [0.717, 1.165) is 0 Å². The molecule has 0 aromatic heterocycles. The topological polar surface area (TPSA) is 0 Å². The molecule has 0 saturated heterocycles. The molecule has 0 heterocycles. The minimum absolute atomic E-state index is 1.37. The van der Waals surface area contributed by atoms with Gasteiger partial charge in [0.25, 0.3) is 0 Å². The van der Waals surface area contributed by atoms with Crippen LogP contribution in [0.5, 0.6) is 0 Å². The van der Waals surface area contributed by atoms with Crippen molar-refractivity contribution in [3.8, 4) is 0 Å². The van der Waals surface area contributed by atoms with E-state index in [-0.39, 0.29) is 0 Å². The van der Waals surface area contributed by atoms with E-state index in [9.17, 15) is 0 Å². The molecule has 4 aromatic carbocycles. The fourth-order valence-corrected chi connectivity index (χ4v) is 7.59. The zero-order chi connectivity index (χ0) is 17.0. The molecule has 0 unspecified atom stereocenters. The summed E-state index contributed by atoms with van der Waals surface area (Å²) in [6.45, 7) is 0. The minimum atomic E-state index is -1.66. The van der Waals surface area contributed by atoms with Gasteiger partial charge in [-0.05, 0) is 0 Å². The molecule has 25 heavy (non-hydrogen) atoms. The molecule has 1 heteroatoms. The van der Waals surface area contributed by atoms with E-state index in [4.69, 9.17) is 0 Å². The summed E-state index contributed by atoms with van der Waals surface area (Å²) in [5.74, 6) is 0. The van der Waals surface area contributed by atoms with Gasteiger partial charge in [0.2, 0.25) is 0 Å². The molecule has 4 rings (SSSR count). The first-order valence-corrected chi connectivity index (χ1v) is 10.3. The van der Waals surface area contributed by atoms with Gasteiger partial charge in [0.05, 0.1) is 0 Å². The maximum atomic E-state index is 2.27. The van der Waals surface area contributed by atoms with E-state index in [1.807, 2.05) is 0 Å². The van der Waals surface area contributed by atoms with Gasteiger partial charge in [0.15, 0.2) is 0 Å². The Morgan fingerprint density at radius 2 is 0.480 bits per heavy atom. The average Bonchev–Trinajstić information content (AvgIpc) is 2.72. The molecule has 0 amide bonds. The van der Waals surface area contributed by atoms with Crippen LogP contribution < -0.4 is 18.1 Å². The first kappa shape index (κ1) is 15.9. The molecule has 4 aromatic rings. The van der Waals surface area contributed by atoms with Crippen molar-refractivity contribution < 1.29 is 12.4 Å². The Labute approximate surface area is 151 Å². The van der Waals surface area contributed by atoms with Gasteiger partial charge in [0.1, 0.15) is 0 Å². The van der Waals surface area contributed by atoms with E-state index >= 15 is 0 Å². The van der Waals surface area contributed by atoms with Crippen molar-refractivity contribution in [3.63, 3.8) is 0 Å². The van der Waals surface area contributed by atoms with Gasteiger partial charge in [-0.3, -0.25) is 0 Å². The van der Waals surface area contributed by atoms with Crippen molar-refractivity contribution in [2.75, 3.05) is 0 Å². The Morgan fingerprint density at radius 3 is 0.680 bits per heavy atom. The van der Waals surface area contributed by atoms with E-state index < -0.39 is 12.4 Å².